The predicted octanol–water partition coefficient (Wildman–Crippen LogP) is 3.23. The van der Waals surface area contributed by atoms with E-state index in [0.717, 1.165) is 21.8 Å². The summed E-state index contributed by atoms with van der Waals surface area (Å²) < 4.78 is 0. The summed E-state index contributed by atoms with van der Waals surface area (Å²) in [6.45, 7) is 9.30. The molecule has 0 spiro atoms. The minimum absolute atomic E-state index is 0.00950. The Morgan fingerprint density at radius 3 is 2.72 bits per heavy atom. The molecule has 1 saturated heterocycles. The van der Waals surface area contributed by atoms with Gasteiger partial charge in [0.25, 0.3) is 0 Å². The molecule has 2 aliphatic heterocycles. The second-order valence-electron chi connectivity index (χ2n) is 8.83. The first-order chi connectivity index (χ1) is 15.2. The summed E-state index contributed by atoms with van der Waals surface area (Å²) in [6.07, 6.45) is 0.882. The second-order valence-corrected chi connectivity index (χ2v) is 9.91. The number of hydrogen-bond acceptors (Lipinski definition) is 5. The molecule has 1 atom stereocenters. The Morgan fingerprint density at radius 2 is 2.00 bits per heavy atom. The monoisotopic (exact) mass is 455 g/mol. The Bertz CT molecular complexity index is 1060. The van der Waals surface area contributed by atoms with Crippen LogP contribution in [0.3, 0.4) is 0 Å². The third-order valence-electron chi connectivity index (χ3n) is 5.96. The van der Waals surface area contributed by atoms with Gasteiger partial charge in [0, 0.05) is 42.5 Å². The smallest absolute Gasteiger partial charge is 0.321 e. The SMILES string of the molecule is Cc1ccc(N2CC(C(=O)N3CCc4nc(NC(=O)NC(C)C)sc4C3)CC2=O)cc1C. The van der Waals surface area contributed by atoms with Gasteiger partial charge in [-0.1, -0.05) is 17.4 Å². The van der Waals surface area contributed by atoms with Crippen molar-refractivity contribution in [3.8, 4) is 0 Å². The van der Waals surface area contributed by atoms with Crippen molar-refractivity contribution in [3.05, 3.63) is 39.9 Å². The largest absolute Gasteiger partial charge is 0.337 e. The molecule has 2 aliphatic rings. The van der Waals surface area contributed by atoms with E-state index in [1.165, 1.54) is 16.9 Å². The minimum atomic E-state index is -0.340. The molecular weight excluding hydrogens is 426 g/mol. The van der Waals surface area contributed by atoms with E-state index in [1.54, 1.807) is 4.90 Å². The number of nitrogens with zero attached hydrogens (tertiary/aromatic N) is 3. The van der Waals surface area contributed by atoms with Crippen molar-refractivity contribution in [2.75, 3.05) is 23.3 Å². The first kappa shape index (κ1) is 22.3. The topological polar surface area (TPSA) is 94.6 Å². The van der Waals surface area contributed by atoms with Gasteiger partial charge in [-0.05, 0) is 51.0 Å². The number of benzene rings is 1. The van der Waals surface area contributed by atoms with Gasteiger partial charge in [0.15, 0.2) is 5.13 Å². The van der Waals surface area contributed by atoms with Crippen LogP contribution in [0.15, 0.2) is 18.2 Å². The quantitative estimate of drug-likeness (QED) is 0.740. The van der Waals surface area contributed by atoms with Crippen molar-refractivity contribution in [1.29, 1.82) is 0 Å². The van der Waals surface area contributed by atoms with E-state index in [4.69, 9.17) is 0 Å². The highest BCUT2D eigenvalue weighted by molar-refractivity contribution is 7.15. The molecule has 1 aromatic carbocycles. The van der Waals surface area contributed by atoms with E-state index >= 15 is 0 Å². The van der Waals surface area contributed by atoms with Crippen LogP contribution < -0.4 is 15.5 Å². The molecule has 32 heavy (non-hydrogen) atoms. The number of hydrogen-bond donors (Lipinski definition) is 2. The van der Waals surface area contributed by atoms with Crippen molar-refractivity contribution in [2.45, 2.75) is 53.1 Å². The molecular formula is C23H29N5O3S. The number of anilines is 2. The summed E-state index contributed by atoms with van der Waals surface area (Å²) in [6, 6.07) is 5.72. The van der Waals surface area contributed by atoms with Crippen LogP contribution in [0.1, 0.15) is 42.0 Å². The highest BCUT2D eigenvalue weighted by atomic mass is 32.1. The Hall–Kier alpha value is -2.94. The summed E-state index contributed by atoms with van der Waals surface area (Å²) >= 11 is 1.40. The number of amides is 4. The fourth-order valence-corrected chi connectivity index (χ4v) is 5.13. The molecule has 2 aromatic rings. The molecule has 0 bridgehead atoms. The predicted molar refractivity (Wildman–Crippen MR) is 125 cm³/mol. The normalized spacial score (nSPS) is 18.2. The van der Waals surface area contributed by atoms with E-state index in [2.05, 4.69) is 15.6 Å². The third kappa shape index (κ3) is 4.62. The third-order valence-corrected chi connectivity index (χ3v) is 6.96. The van der Waals surface area contributed by atoms with Crippen molar-refractivity contribution in [1.82, 2.24) is 15.2 Å². The Labute approximate surface area is 192 Å². The fourth-order valence-electron chi connectivity index (χ4n) is 4.11. The van der Waals surface area contributed by atoms with Crippen molar-refractivity contribution in [2.24, 2.45) is 5.92 Å². The zero-order chi connectivity index (χ0) is 23.0. The Morgan fingerprint density at radius 1 is 1.22 bits per heavy atom. The van der Waals surface area contributed by atoms with Crippen molar-refractivity contribution in [3.63, 3.8) is 0 Å². The summed E-state index contributed by atoms with van der Waals surface area (Å²) in [5.41, 5.74) is 4.09. The van der Waals surface area contributed by atoms with Gasteiger partial charge >= 0.3 is 6.03 Å². The number of carbonyl (C=O) groups excluding carboxylic acids is 3. The van der Waals surface area contributed by atoms with E-state index in [0.29, 0.717) is 31.2 Å². The highest BCUT2D eigenvalue weighted by Crippen LogP contribution is 2.32. The Balaban J connectivity index is 1.40. The molecule has 4 amide bonds. The Kier molecular flexibility index (Phi) is 6.19. The molecule has 0 radical (unpaired) electrons. The number of carbonyl (C=O) groups is 3. The van der Waals surface area contributed by atoms with Gasteiger partial charge < -0.3 is 15.1 Å². The lowest BCUT2D eigenvalue weighted by atomic mass is 10.1. The van der Waals surface area contributed by atoms with Gasteiger partial charge in [-0.15, -0.1) is 0 Å². The molecule has 8 nitrogen and oxygen atoms in total. The van der Waals surface area contributed by atoms with Crippen molar-refractivity contribution < 1.29 is 14.4 Å². The van der Waals surface area contributed by atoms with Crippen molar-refractivity contribution >= 4 is 40.0 Å². The molecule has 170 valence electrons. The zero-order valence-corrected chi connectivity index (χ0v) is 19.7. The van der Waals surface area contributed by atoms with Crippen LogP contribution >= 0.6 is 11.3 Å². The molecule has 0 saturated carbocycles. The number of thiazole rings is 1. The molecule has 1 unspecified atom stereocenters. The molecule has 3 heterocycles. The maximum atomic E-state index is 13.2. The number of nitrogens with one attached hydrogen (secondary N) is 2. The zero-order valence-electron chi connectivity index (χ0n) is 18.9. The standard InChI is InChI=1S/C23H29N5O3S/c1-13(2)24-22(31)26-23-25-18-7-8-27(12-19(18)32-23)21(30)16-10-20(29)28(11-16)17-6-5-14(3)15(4)9-17/h5-6,9,13,16H,7-8,10-12H2,1-4H3,(H2,24,25,26,31). The number of aromatic nitrogens is 1. The van der Waals surface area contributed by atoms with Crippen LogP contribution in [0, 0.1) is 19.8 Å². The molecule has 0 aliphatic carbocycles. The first-order valence-corrected chi connectivity index (χ1v) is 11.8. The van der Waals surface area contributed by atoms with Gasteiger partial charge in [-0.3, -0.25) is 14.9 Å². The second kappa shape index (κ2) is 8.90. The fraction of sp³-hybridized carbons (Fsp3) is 0.478. The summed E-state index contributed by atoms with van der Waals surface area (Å²) in [5, 5.41) is 6.09. The molecule has 2 N–H and O–H groups in total. The molecule has 9 heteroatoms. The van der Waals surface area contributed by atoms with Gasteiger partial charge in [0.05, 0.1) is 18.2 Å². The van der Waals surface area contributed by atoms with E-state index in [9.17, 15) is 14.4 Å². The van der Waals surface area contributed by atoms with Crippen LogP contribution in [-0.4, -0.2) is 46.9 Å². The average molecular weight is 456 g/mol. The maximum Gasteiger partial charge on any atom is 0.321 e. The summed E-state index contributed by atoms with van der Waals surface area (Å²) in [7, 11) is 0. The van der Waals surface area contributed by atoms with Crippen LogP contribution in [0.2, 0.25) is 0 Å². The maximum absolute atomic E-state index is 13.2. The lowest BCUT2D eigenvalue weighted by Gasteiger charge is -2.28. The van der Waals surface area contributed by atoms with E-state index in [1.807, 2.05) is 50.8 Å². The number of urea groups is 1. The van der Waals surface area contributed by atoms with Crippen LogP contribution in [-0.2, 0) is 22.6 Å². The van der Waals surface area contributed by atoms with Gasteiger partial charge in [0.2, 0.25) is 11.8 Å². The van der Waals surface area contributed by atoms with Crippen LogP contribution in [0.25, 0.3) is 0 Å². The summed E-state index contributed by atoms with van der Waals surface area (Å²) in [5.74, 6) is -0.339. The molecule has 1 fully saturated rings. The minimum Gasteiger partial charge on any atom is -0.337 e. The van der Waals surface area contributed by atoms with Gasteiger partial charge in [-0.2, -0.15) is 0 Å². The first-order valence-electron chi connectivity index (χ1n) is 10.9. The average Bonchev–Trinajstić information content (AvgIpc) is 3.31. The lowest BCUT2D eigenvalue weighted by molar-refractivity contribution is -0.136. The number of aryl methyl sites for hydroxylation is 2. The van der Waals surface area contributed by atoms with E-state index < -0.39 is 0 Å². The number of rotatable bonds is 4. The number of fused-ring (bicyclic) bond motifs is 1. The molecule has 1 aromatic heterocycles. The molecule has 4 rings (SSSR count). The van der Waals surface area contributed by atoms with Gasteiger partial charge in [-0.25, -0.2) is 9.78 Å². The lowest BCUT2D eigenvalue weighted by Crippen LogP contribution is -2.40. The van der Waals surface area contributed by atoms with Crippen LogP contribution in [0.5, 0.6) is 0 Å². The highest BCUT2D eigenvalue weighted by Gasteiger charge is 2.38. The summed E-state index contributed by atoms with van der Waals surface area (Å²) in [4.78, 5) is 46.9. The van der Waals surface area contributed by atoms with Gasteiger partial charge in [0.1, 0.15) is 0 Å². The van der Waals surface area contributed by atoms with Crippen LogP contribution in [0.4, 0.5) is 15.6 Å². The van der Waals surface area contributed by atoms with E-state index in [-0.39, 0.29) is 36.2 Å².